The molecule has 4 rings (SSSR count). The van der Waals surface area contributed by atoms with Crippen LogP contribution in [0.2, 0.25) is 0 Å². The first kappa shape index (κ1) is 17.9. The number of oxazole rings is 1. The molecule has 0 atom stereocenters. The average Bonchev–Trinajstić information content (AvgIpc) is 3.16. The van der Waals surface area contributed by atoms with Crippen LogP contribution in [0.1, 0.15) is 41.3 Å². The Balaban J connectivity index is 1.62. The van der Waals surface area contributed by atoms with Crippen molar-refractivity contribution in [2.24, 2.45) is 0 Å². The summed E-state index contributed by atoms with van der Waals surface area (Å²) in [6, 6.07) is 17.3. The van der Waals surface area contributed by atoms with Gasteiger partial charge in [-0.15, -0.1) is 0 Å². The van der Waals surface area contributed by atoms with E-state index in [0.717, 1.165) is 11.1 Å². The molecule has 28 heavy (non-hydrogen) atoms. The molecule has 0 unspecified atom stereocenters. The maximum atomic E-state index is 12.6. The van der Waals surface area contributed by atoms with Crippen molar-refractivity contribution in [2.45, 2.75) is 19.8 Å². The number of carbonyl (C=O) groups is 1. The van der Waals surface area contributed by atoms with Crippen LogP contribution in [0.25, 0.3) is 28.6 Å². The van der Waals surface area contributed by atoms with Crippen LogP contribution in [-0.2, 0) is 0 Å². The van der Waals surface area contributed by atoms with E-state index in [1.807, 2.05) is 48.5 Å². The minimum Gasteiger partial charge on any atom is -0.436 e. The van der Waals surface area contributed by atoms with Crippen LogP contribution in [0, 0.1) is 0 Å². The van der Waals surface area contributed by atoms with Gasteiger partial charge in [0, 0.05) is 23.4 Å². The maximum Gasteiger partial charge on any atom is 0.227 e. The van der Waals surface area contributed by atoms with Crippen LogP contribution < -0.4 is 0 Å². The van der Waals surface area contributed by atoms with Gasteiger partial charge in [0.15, 0.2) is 11.4 Å². The van der Waals surface area contributed by atoms with E-state index < -0.39 is 0 Å². The van der Waals surface area contributed by atoms with Gasteiger partial charge in [0.25, 0.3) is 0 Å². The van der Waals surface area contributed by atoms with Gasteiger partial charge < -0.3 is 4.42 Å². The molecule has 2 aromatic heterocycles. The number of carbonyl (C=O) groups excluding carboxylic acids is 1. The lowest BCUT2D eigenvalue weighted by atomic mass is 10.00. The predicted molar refractivity (Wildman–Crippen MR) is 111 cm³/mol. The van der Waals surface area contributed by atoms with E-state index in [0.29, 0.717) is 28.5 Å². The zero-order valence-corrected chi connectivity index (χ0v) is 15.8. The first-order valence-corrected chi connectivity index (χ1v) is 9.24. The maximum absolute atomic E-state index is 12.6. The molecular weight excluding hydrogens is 348 g/mol. The first-order chi connectivity index (χ1) is 13.6. The molecule has 4 nitrogen and oxygen atoms in total. The normalized spacial score (nSPS) is 11.5. The van der Waals surface area contributed by atoms with E-state index >= 15 is 0 Å². The second-order valence-corrected chi connectivity index (χ2v) is 6.92. The van der Waals surface area contributed by atoms with Crippen molar-refractivity contribution in [3.05, 3.63) is 89.8 Å². The minimum atomic E-state index is -0.0353. The number of rotatable bonds is 5. The molecule has 0 N–H and O–H groups in total. The first-order valence-electron chi connectivity index (χ1n) is 9.24. The number of hydrogen-bond donors (Lipinski definition) is 0. The third-order valence-corrected chi connectivity index (χ3v) is 4.66. The van der Waals surface area contributed by atoms with Gasteiger partial charge in [-0.05, 0) is 29.2 Å². The molecule has 2 heterocycles. The summed E-state index contributed by atoms with van der Waals surface area (Å²) in [4.78, 5) is 21.1. The molecule has 0 amide bonds. The van der Waals surface area contributed by atoms with E-state index in [-0.39, 0.29) is 5.78 Å². The third kappa shape index (κ3) is 3.62. The molecule has 0 aliphatic heterocycles. The van der Waals surface area contributed by atoms with Gasteiger partial charge in [0.05, 0.1) is 6.20 Å². The Morgan fingerprint density at radius 1 is 1.04 bits per heavy atom. The lowest BCUT2D eigenvalue weighted by Crippen LogP contribution is -1.95. The quantitative estimate of drug-likeness (QED) is 0.325. The van der Waals surface area contributed by atoms with Crippen LogP contribution in [-0.4, -0.2) is 15.8 Å². The van der Waals surface area contributed by atoms with Crippen molar-refractivity contribution in [2.75, 3.05) is 0 Å². The van der Waals surface area contributed by atoms with Gasteiger partial charge in [-0.1, -0.05) is 62.4 Å². The number of pyridine rings is 1. The molecule has 0 aliphatic carbocycles. The molecule has 0 aliphatic rings. The second kappa shape index (κ2) is 7.61. The number of aromatic nitrogens is 2. The number of nitrogens with zero attached hydrogens (tertiary/aromatic N) is 2. The van der Waals surface area contributed by atoms with Crippen LogP contribution in [0.3, 0.4) is 0 Å². The topological polar surface area (TPSA) is 56.0 Å². The van der Waals surface area contributed by atoms with Gasteiger partial charge in [-0.2, -0.15) is 0 Å². The molecule has 138 valence electrons. The van der Waals surface area contributed by atoms with E-state index in [1.165, 1.54) is 5.56 Å². The van der Waals surface area contributed by atoms with Gasteiger partial charge in [0.1, 0.15) is 5.52 Å². The van der Waals surface area contributed by atoms with Crippen molar-refractivity contribution in [1.82, 2.24) is 9.97 Å². The zero-order chi connectivity index (χ0) is 19.5. The summed E-state index contributed by atoms with van der Waals surface area (Å²) >= 11 is 0. The molecule has 4 aromatic rings. The molecule has 4 heteroatoms. The summed E-state index contributed by atoms with van der Waals surface area (Å²) in [5, 5.41) is 0. The zero-order valence-electron chi connectivity index (χ0n) is 15.8. The Morgan fingerprint density at radius 2 is 1.82 bits per heavy atom. The molecule has 0 radical (unpaired) electrons. The monoisotopic (exact) mass is 368 g/mol. The highest BCUT2D eigenvalue weighted by Gasteiger charge is 2.11. The van der Waals surface area contributed by atoms with Crippen LogP contribution in [0.5, 0.6) is 0 Å². The highest BCUT2D eigenvalue weighted by atomic mass is 16.3. The molecule has 0 saturated heterocycles. The molecule has 0 fully saturated rings. The molecule has 0 bridgehead atoms. The second-order valence-electron chi connectivity index (χ2n) is 6.92. The number of hydrogen-bond acceptors (Lipinski definition) is 4. The fourth-order valence-corrected chi connectivity index (χ4v) is 3.03. The smallest absolute Gasteiger partial charge is 0.227 e. The fraction of sp³-hybridized carbons (Fsp3) is 0.125. The highest BCUT2D eigenvalue weighted by Crippen LogP contribution is 2.27. The largest absolute Gasteiger partial charge is 0.436 e. The van der Waals surface area contributed by atoms with Gasteiger partial charge in [-0.25, -0.2) is 4.98 Å². The minimum absolute atomic E-state index is 0.0353. The Hall–Kier alpha value is -3.53. The number of fused-ring (bicyclic) bond motifs is 1. The van der Waals surface area contributed by atoms with Gasteiger partial charge in [-0.3, -0.25) is 9.78 Å². The van der Waals surface area contributed by atoms with Gasteiger partial charge in [0.2, 0.25) is 5.89 Å². The van der Waals surface area contributed by atoms with E-state index in [1.54, 1.807) is 30.6 Å². The summed E-state index contributed by atoms with van der Waals surface area (Å²) in [5.41, 5.74) is 4.98. The van der Waals surface area contributed by atoms with E-state index in [2.05, 4.69) is 23.8 Å². The average molecular weight is 368 g/mol. The van der Waals surface area contributed by atoms with Crippen molar-refractivity contribution in [1.29, 1.82) is 0 Å². The molecule has 2 aromatic carbocycles. The highest BCUT2D eigenvalue weighted by molar-refractivity contribution is 6.07. The Bertz CT molecular complexity index is 1120. The SMILES string of the molecule is CC(C)c1ccc(C(=O)/C=C\c2ccccc2-c2nc3cnccc3o2)cc1. The lowest BCUT2D eigenvalue weighted by Gasteiger charge is -2.05. The van der Waals surface area contributed by atoms with Crippen molar-refractivity contribution in [3.63, 3.8) is 0 Å². The summed E-state index contributed by atoms with van der Waals surface area (Å²) in [7, 11) is 0. The van der Waals surface area contributed by atoms with E-state index in [4.69, 9.17) is 4.42 Å². The van der Waals surface area contributed by atoms with E-state index in [9.17, 15) is 4.79 Å². The molecular formula is C24H20N2O2. The standard InChI is InChI=1S/C24H20N2O2/c1-16(2)17-7-9-19(10-8-17)22(27)12-11-18-5-3-4-6-20(18)24-26-21-15-25-14-13-23(21)28-24/h3-16H,1-2H3/b12-11-. The number of ketones is 1. The van der Waals surface area contributed by atoms with Gasteiger partial charge >= 0.3 is 0 Å². The van der Waals surface area contributed by atoms with Crippen LogP contribution in [0.15, 0.2) is 77.5 Å². The van der Waals surface area contributed by atoms with Crippen LogP contribution >= 0.6 is 0 Å². The molecule has 0 spiro atoms. The molecule has 0 saturated carbocycles. The summed E-state index contributed by atoms with van der Waals surface area (Å²) in [6.45, 7) is 4.27. The lowest BCUT2D eigenvalue weighted by molar-refractivity contribution is 0.104. The summed E-state index contributed by atoms with van der Waals surface area (Å²) < 4.78 is 5.85. The number of benzene rings is 2. The third-order valence-electron chi connectivity index (χ3n) is 4.66. The van der Waals surface area contributed by atoms with Crippen LogP contribution in [0.4, 0.5) is 0 Å². The van der Waals surface area contributed by atoms with Crippen molar-refractivity contribution in [3.8, 4) is 11.5 Å². The Morgan fingerprint density at radius 3 is 2.57 bits per heavy atom. The summed E-state index contributed by atoms with van der Waals surface area (Å²) in [5.74, 6) is 0.918. The predicted octanol–water partition coefficient (Wildman–Crippen LogP) is 5.91. The van der Waals surface area contributed by atoms with Crippen molar-refractivity contribution < 1.29 is 9.21 Å². The van der Waals surface area contributed by atoms with Crippen molar-refractivity contribution >= 4 is 23.0 Å². The summed E-state index contributed by atoms with van der Waals surface area (Å²) in [6.07, 6.45) is 6.74. The fourth-order valence-electron chi connectivity index (χ4n) is 3.03. The Kier molecular flexibility index (Phi) is 4.85. The number of allylic oxidation sites excluding steroid dienone is 1. The Labute approximate surface area is 163 Å².